The Kier molecular flexibility index (Phi) is 9.51. The van der Waals surface area contributed by atoms with Gasteiger partial charge in [-0.2, -0.15) is 0 Å². The molecule has 0 amide bonds. The van der Waals surface area contributed by atoms with Crippen LogP contribution in [0.4, 0.5) is 4.39 Å². The van der Waals surface area contributed by atoms with E-state index in [1.807, 2.05) is 0 Å². The van der Waals surface area contributed by atoms with Gasteiger partial charge in [0.2, 0.25) is 0 Å². The maximum atomic E-state index is 14.0. The number of aryl methyl sites for hydroxylation is 1. The number of thiazole rings is 1. The van der Waals surface area contributed by atoms with Crippen LogP contribution in [-0.4, -0.2) is 50.9 Å². The van der Waals surface area contributed by atoms with Crippen molar-refractivity contribution in [1.82, 2.24) is 19.1 Å². The molecule has 3 aromatic heterocycles. The van der Waals surface area contributed by atoms with Crippen molar-refractivity contribution < 1.29 is 44.2 Å². The van der Waals surface area contributed by atoms with E-state index in [1.54, 1.807) is 11.4 Å². The molecule has 4 radical (unpaired) electrons. The summed E-state index contributed by atoms with van der Waals surface area (Å²) in [5.74, 6) is -1.89. The van der Waals surface area contributed by atoms with Crippen LogP contribution in [0.25, 0.3) is 22.2 Å². The summed E-state index contributed by atoms with van der Waals surface area (Å²) in [7, 11) is 2.89. The normalized spacial score (nSPS) is 12.0. The van der Waals surface area contributed by atoms with Crippen LogP contribution < -0.4 is 40.8 Å². The molecule has 3 N–H and O–H groups in total. The van der Waals surface area contributed by atoms with Crippen LogP contribution in [0.1, 0.15) is 16.6 Å². The molecule has 0 spiro atoms. The van der Waals surface area contributed by atoms with Gasteiger partial charge in [-0.25, -0.2) is 14.2 Å². The van der Waals surface area contributed by atoms with Crippen molar-refractivity contribution in [3.8, 4) is 11.3 Å². The molecule has 1 atom stereocenters. The van der Waals surface area contributed by atoms with Crippen LogP contribution in [0.2, 0.25) is 5.15 Å². The molecule has 0 fully saturated rings. The van der Waals surface area contributed by atoms with Crippen molar-refractivity contribution >= 4 is 42.3 Å². The van der Waals surface area contributed by atoms with Crippen LogP contribution in [0, 0.1) is 11.7 Å². The number of aliphatic hydroxyl groups excluding tert-OH is 2. The minimum Gasteiger partial charge on any atom is -1.00 e. The Morgan fingerprint density at radius 3 is 2.44 bits per heavy atom. The average Bonchev–Trinajstić information content (AvgIpc) is 3.38. The van der Waals surface area contributed by atoms with Crippen LogP contribution in [0.5, 0.6) is 0 Å². The molecule has 0 aliphatic carbocycles. The largest absolute Gasteiger partial charge is 1.00 e. The van der Waals surface area contributed by atoms with Crippen LogP contribution >= 0.6 is 22.9 Å². The quantitative estimate of drug-likeness (QED) is 0.282. The number of fused-ring (bicyclic) bond motifs is 1. The van der Waals surface area contributed by atoms with Crippen LogP contribution in [0.15, 0.2) is 39.2 Å². The van der Waals surface area contributed by atoms with Crippen molar-refractivity contribution in [2.24, 2.45) is 20.0 Å². The Balaban J connectivity index is 0.00000204. The second-order valence-electron chi connectivity index (χ2n) is 7.46. The molecule has 0 bridgehead atoms. The molecule has 8 nitrogen and oxygen atoms in total. The molecule has 4 aromatic rings. The molecular formula is C21H20BClFN4NaO4S. The smallest absolute Gasteiger partial charge is 1.00 e. The number of nitrogens with one attached hydrogen (secondary N) is 1. The van der Waals surface area contributed by atoms with Crippen molar-refractivity contribution in [1.29, 1.82) is 0 Å². The molecule has 34 heavy (non-hydrogen) atoms. The van der Waals surface area contributed by atoms with Gasteiger partial charge in [0.15, 0.2) is 0 Å². The zero-order chi connectivity index (χ0) is 23.2. The summed E-state index contributed by atoms with van der Waals surface area (Å²) < 4.78 is 16.3. The van der Waals surface area contributed by atoms with Crippen molar-refractivity contribution in [3.63, 3.8) is 0 Å². The third kappa shape index (κ3) is 4.83. The Morgan fingerprint density at radius 2 is 1.88 bits per heavy atom. The summed E-state index contributed by atoms with van der Waals surface area (Å²) in [4.78, 5) is 33.4. The Hall–Kier alpha value is -1.73. The monoisotopic (exact) mass is 512 g/mol. The predicted molar refractivity (Wildman–Crippen MR) is 127 cm³/mol. The molecule has 1 aromatic carbocycles. The predicted octanol–water partition coefficient (Wildman–Crippen LogP) is -1.16. The molecule has 1 unspecified atom stereocenters. The van der Waals surface area contributed by atoms with Gasteiger partial charge in [0.25, 0.3) is 5.56 Å². The number of hydrogen-bond acceptors (Lipinski definition) is 6. The van der Waals surface area contributed by atoms with Gasteiger partial charge in [-0.05, 0) is 12.1 Å². The van der Waals surface area contributed by atoms with E-state index in [1.165, 1.54) is 48.2 Å². The van der Waals surface area contributed by atoms with Gasteiger partial charge in [0, 0.05) is 44.2 Å². The second kappa shape index (κ2) is 11.3. The number of nitrogens with zero attached hydrogens (tertiary/aromatic N) is 3. The summed E-state index contributed by atoms with van der Waals surface area (Å²) in [6.07, 6.45) is 0. The number of halogens is 2. The Bertz CT molecular complexity index is 1430. The van der Waals surface area contributed by atoms with Crippen molar-refractivity contribution in [2.75, 3.05) is 13.2 Å². The van der Waals surface area contributed by atoms with Crippen LogP contribution in [-0.2, 0) is 14.1 Å². The zero-order valence-corrected chi connectivity index (χ0v) is 22.3. The molecule has 172 valence electrons. The molecule has 0 saturated heterocycles. The first-order valence-corrected chi connectivity index (χ1v) is 10.9. The van der Waals surface area contributed by atoms with Gasteiger partial charge in [-0.15, -0.1) is 11.3 Å². The molecular weight excluding hydrogens is 493 g/mol. The zero-order valence-electron chi connectivity index (χ0n) is 18.7. The first-order valence-electron chi connectivity index (χ1n) is 9.68. The summed E-state index contributed by atoms with van der Waals surface area (Å²) in [6.45, 7) is -0.764. The molecule has 0 saturated carbocycles. The fourth-order valence-corrected chi connectivity index (χ4v) is 5.12. The van der Waals surface area contributed by atoms with E-state index >= 15 is 0 Å². The van der Waals surface area contributed by atoms with Crippen molar-refractivity contribution in [2.45, 2.75) is 5.92 Å². The van der Waals surface area contributed by atoms with E-state index in [-0.39, 0.29) is 61.7 Å². The summed E-state index contributed by atoms with van der Waals surface area (Å²) >= 11 is 7.27. The Labute approximate surface area is 226 Å². The van der Waals surface area contributed by atoms with Gasteiger partial charge in [0.05, 0.1) is 28.2 Å². The molecule has 3 heterocycles. The molecule has 0 aliphatic heterocycles. The number of rotatable bonds is 6. The number of hydrogen-bond donors (Lipinski definition) is 3. The van der Waals surface area contributed by atoms with Gasteiger partial charge >= 0.3 is 35.2 Å². The van der Waals surface area contributed by atoms with E-state index in [0.717, 1.165) is 4.57 Å². The fraction of sp³-hybridized carbons (Fsp3) is 0.286. The van der Waals surface area contributed by atoms with E-state index in [9.17, 15) is 24.2 Å². The third-order valence-corrected chi connectivity index (χ3v) is 6.80. The van der Waals surface area contributed by atoms with Gasteiger partial charge in [0.1, 0.15) is 16.0 Å². The maximum Gasteiger partial charge on any atom is 1.00 e. The van der Waals surface area contributed by atoms with E-state index in [2.05, 4.69) is 9.97 Å². The maximum absolute atomic E-state index is 14.0. The van der Waals surface area contributed by atoms with E-state index in [4.69, 9.17) is 11.6 Å². The van der Waals surface area contributed by atoms with Crippen molar-refractivity contribution in [3.05, 3.63) is 72.2 Å². The molecule has 4 rings (SSSR count). The fourth-order valence-electron chi connectivity index (χ4n) is 3.97. The van der Waals surface area contributed by atoms with Gasteiger partial charge in [-0.3, -0.25) is 13.9 Å². The standard InChI is InChI=1S/C21H20ClFN4O4S.B.Na/c1-26-18-15(20(30)27(2)21(26)31)16(10-4-3-5-12(23)6-10)25-17(18)14(11(7-28)8-29)19-24-13(22)9-32-19;;/h3-6,9,11,14,25,28-29H,7-8H2,1-2H3;;/q;-1;+1. The number of benzene rings is 1. The number of aromatic nitrogens is 4. The van der Waals surface area contributed by atoms with E-state index in [0.29, 0.717) is 27.5 Å². The average molecular weight is 513 g/mol. The Morgan fingerprint density at radius 1 is 1.21 bits per heavy atom. The SMILES string of the molecule is Cn1c(=O)c2c(-c3cccc(F)c3)[nH]c(C(c3nc(Cl)cs3)C(CO)CO)c2n(C)c1=O.[B-].[Na+]. The second-order valence-corrected chi connectivity index (χ2v) is 8.74. The van der Waals surface area contributed by atoms with Gasteiger partial charge < -0.3 is 23.6 Å². The topological polar surface area (TPSA) is 113 Å². The third-order valence-electron chi connectivity index (χ3n) is 5.55. The van der Waals surface area contributed by atoms with Gasteiger partial charge in [-0.1, -0.05) is 23.7 Å². The summed E-state index contributed by atoms with van der Waals surface area (Å²) in [5.41, 5.74) is 0.334. The number of aliphatic hydroxyl groups is 2. The van der Waals surface area contributed by atoms with Crippen LogP contribution in [0.3, 0.4) is 0 Å². The first-order chi connectivity index (χ1) is 15.3. The summed E-state index contributed by atoms with van der Waals surface area (Å²) in [6, 6.07) is 5.74. The number of H-pyrrole nitrogens is 1. The minimum absolute atomic E-state index is 0. The molecule has 13 heteroatoms. The minimum atomic E-state index is -0.704. The number of aromatic amines is 1. The summed E-state index contributed by atoms with van der Waals surface area (Å²) in [5, 5.41) is 22.5. The van der Waals surface area contributed by atoms with E-state index < -0.39 is 28.9 Å². The molecule has 0 aliphatic rings. The first kappa shape index (κ1) is 28.5.